The van der Waals surface area contributed by atoms with Gasteiger partial charge in [-0.1, -0.05) is 46.6 Å². The van der Waals surface area contributed by atoms with Crippen LogP contribution < -0.4 is 5.32 Å². The Morgan fingerprint density at radius 3 is 2.89 bits per heavy atom. The van der Waals surface area contributed by atoms with E-state index in [2.05, 4.69) is 20.4 Å². The van der Waals surface area contributed by atoms with Crippen LogP contribution >= 0.6 is 23.2 Å². The number of carbonyl (C=O) groups excluding carboxylic acids is 1. The van der Waals surface area contributed by atoms with Crippen molar-refractivity contribution in [1.29, 1.82) is 0 Å². The zero-order valence-electron chi connectivity index (χ0n) is 14.2. The molecule has 4 rings (SSSR count). The van der Waals surface area contributed by atoms with Crippen molar-refractivity contribution in [3.8, 4) is 0 Å². The Bertz CT molecular complexity index is 998. The van der Waals surface area contributed by atoms with Crippen LogP contribution in [-0.4, -0.2) is 27.7 Å². The van der Waals surface area contributed by atoms with E-state index in [1.54, 1.807) is 12.1 Å². The van der Waals surface area contributed by atoms with Gasteiger partial charge in [0.2, 0.25) is 0 Å². The molecule has 1 aliphatic rings. The number of imidazole rings is 1. The van der Waals surface area contributed by atoms with E-state index < -0.39 is 0 Å². The van der Waals surface area contributed by atoms with Gasteiger partial charge in [0.05, 0.1) is 21.1 Å². The predicted octanol–water partition coefficient (Wildman–Crippen LogP) is 3.87. The maximum Gasteiger partial charge on any atom is 0.269 e. The van der Waals surface area contributed by atoms with Crippen molar-refractivity contribution < 1.29 is 9.63 Å². The first-order valence-electron chi connectivity index (χ1n) is 8.47. The number of halogens is 2. The standard InChI is InChI=1S/C19H16Cl2N4O2/c20-13-6-5-11(7-14(13)21)10-22-19(26)17-8-12(27-25-17)9-18-23-15-3-1-2-4-16(15)24-18/h1-7,12H,8-10H2,(H,22,26)(H,23,24)/t12-/m0/s1. The second-order valence-corrected chi connectivity index (χ2v) is 7.12. The largest absolute Gasteiger partial charge is 0.391 e. The third-order valence-electron chi connectivity index (χ3n) is 4.29. The number of nitrogens with zero attached hydrogens (tertiary/aromatic N) is 2. The van der Waals surface area contributed by atoms with Gasteiger partial charge in [-0.25, -0.2) is 4.98 Å². The molecule has 0 saturated heterocycles. The summed E-state index contributed by atoms with van der Waals surface area (Å²) in [4.78, 5) is 25.5. The number of aromatic amines is 1. The van der Waals surface area contributed by atoms with E-state index in [0.717, 1.165) is 22.4 Å². The zero-order chi connectivity index (χ0) is 18.8. The van der Waals surface area contributed by atoms with E-state index in [1.165, 1.54) is 0 Å². The fraction of sp³-hybridized carbons (Fsp3) is 0.211. The number of benzene rings is 2. The van der Waals surface area contributed by atoms with E-state index in [1.807, 2.05) is 30.3 Å². The second-order valence-electron chi connectivity index (χ2n) is 6.31. The fourth-order valence-corrected chi connectivity index (χ4v) is 3.24. The summed E-state index contributed by atoms with van der Waals surface area (Å²) in [7, 11) is 0. The van der Waals surface area contributed by atoms with Crippen molar-refractivity contribution in [1.82, 2.24) is 15.3 Å². The number of fused-ring (bicyclic) bond motifs is 1. The number of aromatic nitrogens is 2. The molecule has 8 heteroatoms. The van der Waals surface area contributed by atoms with Crippen LogP contribution in [0.3, 0.4) is 0 Å². The number of H-pyrrole nitrogens is 1. The molecule has 1 aromatic heterocycles. The average Bonchev–Trinajstić information content (AvgIpc) is 3.29. The molecule has 0 spiro atoms. The molecule has 138 valence electrons. The minimum Gasteiger partial charge on any atom is -0.391 e. The van der Waals surface area contributed by atoms with Crippen molar-refractivity contribution in [2.75, 3.05) is 0 Å². The maximum absolute atomic E-state index is 12.3. The summed E-state index contributed by atoms with van der Waals surface area (Å²) in [6.07, 6.45) is 0.780. The smallest absolute Gasteiger partial charge is 0.269 e. The summed E-state index contributed by atoms with van der Waals surface area (Å²) in [6.45, 7) is 0.336. The van der Waals surface area contributed by atoms with Gasteiger partial charge in [-0.15, -0.1) is 0 Å². The minimum atomic E-state index is -0.256. The van der Waals surface area contributed by atoms with Crippen LogP contribution in [0.5, 0.6) is 0 Å². The summed E-state index contributed by atoms with van der Waals surface area (Å²) in [6, 6.07) is 13.1. The summed E-state index contributed by atoms with van der Waals surface area (Å²) < 4.78 is 0. The summed E-state index contributed by atoms with van der Waals surface area (Å²) in [5.41, 5.74) is 3.12. The molecule has 1 amide bonds. The number of amides is 1. The maximum atomic E-state index is 12.3. The van der Waals surface area contributed by atoms with E-state index >= 15 is 0 Å². The van der Waals surface area contributed by atoms with Crippen LogP contribution in [-0.2, 0) is 22.6 Å². The number of hydrogen-bond acceptors (Lipinski definition) is 4. The van der Waals surface area contributed by atoms with Crippen molar-refractivity contribution in [2.45, 2.75) is 25.5 Å². The van der Waals surface area contributed by atoms with Crippen LogP contribution in [0.15, 0.2) is 47.6 Å². The Hall–Kier alpha value is -2.57. The monoisotopic (exact) mass is 402 g/mol. The molecule has 0 bridgehead atoms. The molecule has 0 fully saturated rings. The molecule has 27 heavy (non-hydrogen) atoms. The van der Waals surface area contributed by atoms with Gasteiger partial charge in [0.1, 0.15) is 17.6 Å². The molecule has 0 radical (unpaired) electrons. The highest BCUT2D eigenvalue weighted by Crippen LogP contribution is 2.22. The van der Waals surface area contributed by atoms with Crippen molar-refractivity contribution >= 4 is 45.9 Å². The number of nitrogens with one attached hydrogen (secondary N) is 2. The van der Waals surface area contributed by atoms with Crippen LogP contribution in [0.1, 0.15) is 17.8 Å². The molecule has 0 unspecified atom stereocenters. The summed E-state index contributed by atoms with van der Waals surface area (Å²) in [5, 5.41) is 7.68. The highest BCUT2D eigenvalue weighted by atomic mass is 35.5. The number of rotatable bonds is 5. The first-order valence-corrected chi connectivity index (χ1v) is 9.22. The van der Waals surface area contributed by atoms with Crippen molar-refractivity contribution in [2.24, 2.45) is 5.16 Å². The van der Waals surface area contributed by atoms with Gasteiger partial charge in [0.15, 0.2) is 0 Å². The van der Waals surface area contributed by atoms with Gasteiger partial charge in [-0.05, 0) is 29.8 Å². The topological polar surface area (TPSA) is 79.4 Å². The lowest BCUT2D eigenvalue weighted by molar-refractivity contribution is -0.115. The third-order valence-corrected chi connectivity index (χ3v) is 5.03. The summed E-state index contributed by atoms with van der Waals surface area (Å²) >= 11 is 11.9. The molecule has 2 heterocycles. The number of para-hydroxylation sites is 2. The minimum absolute atomic E-state index is 0.212. The average molecular weight is 403 g/mol. The molecule has 6 nitrogen and oxygen atoms in total. The molecular weight excluding hydrogens is 387 g/mol. The fourth-order valence-electron chi connectivity index (χ4n) is 2.92. The van der Waals surface area contributed by atoms with E-state index in [0.29, 0.717) is 35.1 Å². The van der Waals surface area contributed by atoms with Crippen LogP contribution in [0.2, 0.25) is 10.0 Å². The van der Waals surface area contributed by atoms with Gasteiger partial charge >= 0.3 is 0 Å². The quantitative estimate of drug-likeness (QED) is 0.679. The Morgan fingerprint density at radius 1 is 1.22 bits per heavy atom. The number of oxime groups is 1. The zero-order valence-corrected chi connectivity index (χ0v) is 15.7. The Morgan fingerprint density at radius 2 is 2.07 bits per heavy atom. The number of hydrogen-bond donors (Lipinski definition) is 2. The van der Waals surface area contributed by atoms with Crippen LogP contribution in [0.4, 0.5) is 0 Å². The third kappa shape index (κ3) is 4.07. The molecular formula is C19H16Cl2N4O2. The summed E-state index contributed by atoms with van der Waals surface area (Å²) in [5.74, 6) is 0.557. The van der Waals surface area contributed by atoms with E-state index in [9.17, 15) is 4.79 Å². The second kappa shape index (κ2) is 7.58. The van der Waals surface area contributed by atoms with Crippen LogP contribution in [0.25, 0.3) is 11.0 Å². The van der Waals surface area contributed by atoms with Crippen molar-refractivity contribution in [3.05, 3.63) is 63.9 Å². The Kier molecular flexibility index (Phi) is 5.01. The van der Waals surface area contributed by atoms with Crippen LogP contribution in [0, 0.1) is 0 Å². The SMILES string of the molecule is O=C(NCc1ccc(Cl)c(Cl)c1)C1=NO[C@H](Cc2nc3ccccc3[nH]2)C1. The predicted molar refractivity (Wildman–Crippen MR) is 105 cm³/mol. The van der Waals surface area contributed by atoms with Gasteiger partial charge in [-0.2, -0.15) is 0 Å². The van der Waals surface area contributed by atoms with Gasteiger partial charge in [0, 0.05) is 19.4 Å². The molecule has 1 atom stereocenters. The van der Waals surface area contributed by atoms with Gasteiger partial charge in [-0.3, -0.25) is 4.79 Å². The van der Waals surface area contributed by atoms with Gasteiger partial charge < -0.3 is 15.1 Å². The molecule has 0 aliphatic carbocycles. The molecule has 0 saturated carbocycles. The first kappa shape index (κ1) is 17.8. The van der Waals surface area contributed by atoms with Crippen molar-refractivity contribution in [3.63, 3.8) is 0 Å². The van der Waals surface area contributed by atoms with Gasteiger partial charge in [0.25, 0.3) is 5.91 Å². The normalized spacial score (nSPS) is 16.2. The molecule has 2 aromatic carbocycles. The Labute approximate surface area is 165 Å². The lowest BCUT2D eigenvalue weighted by Gasteiger charge is -2.06. The highest BCUT2D eigenvalue weighted by molar-refractivity contribution is 6.42. The van der Waals surface area contributed by atoms with E-state index in [-0.39, 0.29) is 12.0 Å². The Balaban J connectivity index is 1.31. The lowest BCUT2D eigenvalue weighted by atomic mass is 10.1. The lowest BCUT2D eigenvalue weighted by Crippen LogP contribution is -2.30. The highest BCUT2D eigenvalue weighted by Gasteiger charge is 2.27. The molecule has 2 N–H and O–H groups in total. The first-order chi connectivity index (χ1) is 13.1. The van der Waals surface area contributed by atoms with E-state index in [4.69, 9.17) is 28.0 Å². The molecule has 3 aromatic rings. The molecule has 1 aliphatic heterocycles. The number of carbonyl (C=O) groups is 1.